The highest BCUT2D eigenvalue weighted by Gasteiger charge is 2.31. The normalized spacial score (nSPS) is 13.0. The first-order valence-electron chi connectivity index (χ1n) is 13.5. The molecule has 0 radical (unpaired) electrons. The fraction of sp³-hybridized carbons (Fsp3) is 0.355. The van der Waals surface area contributed by atoms with Gasteiger partial charge in [0.15, 0.2) is 0 Å². The molecule has 9 heteroatoms. The number of halogens is 1. The lowest BCUT2D eigenvalue weighted by Gasteiger charge is -2.32. The maximum absolute atomic E-state index is 13.8. The van der Waals surface area contributed by atoms with E-state index in [1.807, 2.05) is 56.3 Å². The van der Waals surface area contributed by atoms with Crippen LogP contribution in [-0.4, -0.2) is 55.1 Å². The Labute approximate surface area is 243 Å². The van der Waals surface area contributed by atoms with Gasteiger partial charge in [0.25, 0.3) is 0 Å². The molecule has 0 bridgehead atoms. The minimum Gasteiger partial charge on any atom is -0.352 e. The highest BCUT2D eigenvalue weighted by molar-refractivity contribution is 7.89. The quantitative estimate of drug-likeness (QED) is 0.279. The van der Waals surface area contributed by atoms with Crippen molar-refractivity contribution in [3.05, 3.63) is 101 Å². The van der Waals surface area contributed by atoms with Crippen molar-refractivity contribution in [2.24, 2.45) is 0 Å². The molecule has 0 unspecified atom stereocenters. The number of nitrogens with one attached hydrogen (secondary N) is 1. The van der Waals surface area contributed by atoms with Crippen LogP contribution in [-0.2, 0) is 32.6 Å². The van der Waals surface area contributed by atoms with Crippen LogP contribution in [0.15, 0.2) is 89.8 Å². The van der Waals surface area contributed by atoms with E-state index in [1.54, 1.807) is 47.4 Å². The van der Waals surface area contributed by atoms with Crippen molar-refractivity contribution < 1.29 is 18.0 Å². The van der Waals surface area contributed by atoms with E-state index < -0.39 is 16.1 Å². The number of nitrogens with zero attached hydrogens (tertiary/aromatic N) is 2. The van der Waals surface area contributed by atoms with Crippen molar-refractivity contribution >= 4 is 33.4 Å². The SMILES string of the molecule is CC[C@@H](C)NC(=O)[C@@H](Cc1ccccc1)N(Cc1ccc(Cl)cc1)C(=O)CCCN(C)S(=O)(=O)c1ccccc1. The second kappa shape index (κ2) is 15.0. The van der Waals surface area contributed by atoms with Crippen LogP contribution in [0.5, 0.6) is 0 Å². The summed E-state index contributed by atoms with van der Waals surface area (Å²) in [5, 5.41) is 3.63. The Morgan fingerprint density at radius 3 is 2.10 bits per heavy atom. The highest BCUT2D eigenvalue weighted by Crippen LogP contribution is 2.19. The fourth-order valence-electron chi connectivity index (χ4n) is 4.27. The summed E-state index contributed by atoms with van der Waals surface area (Å²) in [5.41, 5.74) is 1.78. The summed E-state index contributed by atoms with van der Waals surface area (Å²) < 4.78 is 27.1. The minimum absolute atomic E-state index is 0.0462. The maximum atomic E-state index is 13.8. The lowest BCUT2D eigenvalue weighted by Crippen LogP contribution is -2.52. The predicted molar refractivity (Wildman–Crippen MR) is 159 cm³/mol. The summed E-state index contributed by atoms with van der Waals surface area (Å²) in [4.78, 5) is 29.1. The van der Waals surface area contributed by atoms with E-state index >= 15 is 0 Å². The Kier molecular flexibility index (Phi) is 11.7. The van der Waals surface area contributed by atoms with Crippen molar-refractivity contribution in [3.63, 3.8) is 0 Å². The molecule has 0 saturated heterocycles. The average Bonchev–Trinajstić information content (AvgIpc) is 2.96. The number of amides is 2. The third-order valence-corrected chi connectivity index (χ3v) is 8.98. The molecular weight excluding hydrogens is 546 g/mol. The zero-order chi connectivity index (χ0) is 29.1. The van der Waals surface area contributed by atoms with Crippen LogP contribution in [0.3, 0.4) is 0 Å². The smallest absolute Gasteiger partial charge is 0.243 e. The molecular formula is C31H38ClN3O4S. The van der Waals surface area contributed by atoms with Crippen LogP contribution in [0, 0.1) is 0 Å². The van der Waals surface area contributed by atoms with Gasteiger partial charge < -0.3 is 10.2 Å². The van der Waals surface area contributed by atoms with Crippen molar-refractivity contribution in [1.29, 1.82) is 0 Å². The number of carbonyl (C=O) groups excluding carboxylic acids is 2. The average molecular weight is 584 g/mol. The number of sulfonamides is 1. The first-order valence-corrected chi connectivity index (χ1v) is 15.3. The van der Waals surface area contributed by atoms with E-state index in [1.165, 1.54) is 11.4 Å². The molecule has 0 heterocycles. The molecule has 214 valence electrons. The van der Waals surface area contributed by atoms with Gasteiger partial charge in [-0.3, -0.25) is 9.59 Å². The number of carbonyl (C=O) groups is 2. The summed E-state index contributed by atoms with van der Waals surface area (Å²) in [6.45, 7) is 4.32. The Morgan fingerprint density at radius 1 is 0.900 bits per heavy atom. The van der Waals surface area contributed by atoms with Crippen LogP contribution in [0.4, 0.5) is 0 Å². The molecule has 0 aromatic heterocycles. The highest BCUT2D eigenvalue weighted by atomic mass is 35.5. The van der Waals surface area contributed by atoms with Gasteiger partial charge in [0.05, 0.1) is 4.90 Å². The molecule has 0 aliphatic rings. The molecule has 1 N–H and O–H groups in total. The van der Waals surface area contributed by atoms with Crippen LogP contribution < -0.4 is 5.32 Å². The Balaban J connectivity index is 1.83. The molecule has 2 atom stereocenters. The van der Waals surface area contributed by atoms with Gasteiger partial charge in [0, 0.05) is 44.0 Å². The second-order valence-electron chi connectivity index (χ2n) is 9.91. The molecule has 3 aromatic carbocycles. The molecule has 7 nitrogen and oxygen atoms in total. The van der Waals surface area contributed by atoms with Crippen molar-refractivity contribution in [2.45, 2.75) is 63.1 Å². The third kappa shape index (κ3) is 8.91. The van der Waals surface area contributed by atoms with Gasteiger partial charge in [-0.25, -0.2) is 12.7 Å². The van der Waals surface area contributed by atoms with E-state index in [0.717, 1.165) is 17.5 Å². The van der Waals surface area contributed by atoms with Crippen molar-refractivity contribution in [2.75, 3.05) is 13.6 Å². The van der Waals surface area contributed by atoms with Crippen LogP contribution in [0.25, 0.3) is 0 Å². The molecule has 3 rings (SSSR count). The van der Waals surface area contributed by atoms with Gasteiger partial charge in [0.1, 0.15) is 6.04 Å². The number of benzene rings is 3. The first kappa shape index (κ1) is 31.3. The first-order chi connectivity index (χ1) is 19.1. The third-order valence-electron chi connectivity index (χ3n) is 6.85. The Hall–Kier alpha value is -3.20. The largest absolute Gasteiger partial charge is 0.352 e. The molecule has 3 aromatic rings. The van der Waals surface area contributed by atoms with E-state index in [9.17, 15) is 18.0 Å². The molecule has 0 fully saturated rings. The second-order valence-corrected chi connectivity index (χ2v) is 12.4. The number of rotatable bonds is 14. The Morgan fingerprint density at radius 2 is 1.50 bits per heavy atom. The van der Waals surface area contributed by atoms with E-state index in [-0.39, 0.29) is 42.3 Å². The topological polar surface area (TPSA) is 86.8 Å². The lowest BCUT2D eigenvalue weighted by molar-refractivity contribution is -0.141. The zero-order valence-corrected chi connectivity index (χ0v) is 24.9. The minimum atomic E-state index is -3.66. The zero-order valence-electron chi connectivity index (χ0n) is 23.3. The van der Waals surface area contributed by atoms with E-state index in [2.05, 4.69) is 5.32 Å². The molecule has 0 aliphatic heterocycles. The molecule has 0 spiro atoms. The molecule has 0 saturated carbocycles. The summed E-state index contributed by atoms with van der Waals surface area (Å²) in [6.07, 6.45) is 1.51. The van der Waals surface area contributed by atoms with Gasteiger partial charge >= 0.3 is 0 Å². The van der Waals surface area contributed by atoms with E-state index in [0.29, 0.717) is 17.9 Å². The monoisotopic (exact) mass is 583 g/mol. The van der Waals surface area contributed by atoms with Gasteiger partial charge in [0.2, 0.25) is 21.8 Å². The predicted octanol–water partition coefficient (Wildman–Crippen LogP) is 5.30. The number of hydrogen-bond donors (Lipinski definition) is 1. The summed E-state index contributed by atoms with van der Waals surface area (Å²) in [6, 6.07) is 24.2. The van der Waals surface area contributed by atoms with Gasteiger partial charge in [-0.1, -0.05) is 79.2 Å². The van der Waals surface area contributed by atoms with Gasteiger partial charge in [-0.15, -0.1) is 0 Å². The van der Waals surface area contributed by atoms with Crippen molar-refractivity contribution in [3.8, 4) is 0 Å². The Bertz CT molecular complexity index is 1340. The van der Waals surface area contributed by atoms with Gasteiger partial charge in [-0.05, 0) is 55.2 Å². The van der Waals surface area contributed by atoms with Crippen LogP contribution in [0.1, 0.15) is 44.2 Å². The number of hydrogen-bond acceptors (Lipinski definition) is 4. The standard InChI is InChI=1S/C31H38ClN3O4S/c1-4-24(2)33-31(37)29(22-25-12-7-5-8-13-25)35(23-26-17-19-27(32)20-18-26)30(36)16-11-21-34(3)40(38,39)28-14-9-6-10-15-28/h5-10,12-15,17-20,24,29H,4,11,16,21-23H2,1-3H3,(H,33,37)/t24-,29-/m1/s1. The summed E-state index contributed by atoms with van der Waals surface area (Å²) in [7, 11) is -2.15. The van der Waals surface area contributed by atoms with Crippen LogP contribution in [0.2, 0.25) is 5.02 Å². The van der Waals surface area contributed by atoms with Crippen LogP contribution >= 0.6 is 11.6 Å². The molecule has 2 amide bonds. The molecule has 40 heavy (non-hydrogen) atoms. The fourth-order valence-corrected chi connectivity index (χ4v) is 5.63. The van der Waals surface area contributed by atoms with E-state index in [4.69, 9.17) is 11.6 Å². The maximum Gasteiger partial charge on any atom is 0.243 e. The van der Waals surface area contributed by atoms with Crippen molar-refractivity contribution in [1.82, 2.24) is 14.5 Å². The van der Waals surface area contributed by atoms with Gasteiger partial charge in [-0.2, -0.15) is 0 Å². The molecule has 0 aliphatic carbocycles. The summed E-state index contributed by atoms with van der Waals surface area (Å²) >= 11 is 6.09. The summed E-state index contributed by atoms with van der Waals surface area (Å²) in [5.74, 6) is -0.440. The lowest BCUT2D eigenvalue weighted by atomic mass is 10.0.